The van der Waals surface area contributed by atoms with Crippen LogP contribution < -0.4 is 0 Å². The van der Waals surface area contributed by atoms with Crippen LogP contribution in [0.25, 0.3) is 0 Å². The van der Waals surface area contributed by atoms with E-state index in [0.717, 1.165) is 57.8 Å². The van der Waals surface area contributed by atoms with Crippen molar-refractivity contribution in [2.24, 2.45) is 0 Å². The van der Waals surface area contributed by atoms with E-state index in [1.807, 2.05) is 0 Å². The van der Waals surface area contributed by atoms with Crippen LogP contribution in [0.2, 0.25) is 0 Å². The summed E-state index contributed by atoms with van der Waals surface area (Å²) in [7, 11) is -4.60. The van der Waals surface area contributed by atoms with Crippen molar-refractivity contribution < 1.29 is 47.8 Å². The molecule has 0 aromatic rings. The van der Waals surface area contributed by atoms with Gasteiger partial charge in [-0.3, -0.25) is 18.6 Å². The van der Waals surface area contributed by atoms with Crippen molar-refractivity contribution in [1.82, 2.24) is 0 Å². The minimum absolute atomic E-state index is 0.187. The standard InChI is InChI=1S/C35H67O10P/c1-3-5-7-9-11-13-15-17-19-21-23-25-27-35(39)45-33(31-44-46(40,41)43-29-32(37)28-36)30-42-34(38)26-24-22-20-18-16-14-12-10-8-6-4-2/h10,12,32-33,36-37H,3-9,11,13-31H2,1-2H3,(H,40,41)/b12-10+/t32-,33-/m1/s1. The first kappa shape index (κ1) is 44.7. The molecule has 0 saturated carbocycles. The Morgan fingerprint density at radius 2 is 1.09 bits per heavy atom. The number of carbonyl (C=O) groups is 2. The predicted octanol–water partition coefficient (Wildman–Crippen LogP) is 8.50. The summed E-state index contributed by atoms with van der Waals surface area (Å²) in [5.41, 5.74) is 0. The van der Waals surface area contributed by atoms with Crippen LogP contribution in [0.5, 0.6) is 0 Å². The van der Waals surface area contributed by atoms with Gasteiger partial charge in [-0.25, -0.2) is 4.57 Å². The van der Waals surface area contributed by atoms with Crippen molar-refractivity contribution in [3.8, 4) is 0 Å². The first-order valence-electron chi connectivity index (χ1n) is 18.1. The number of phosphoric acid groups is 1. The van der Waals surface area contributed by atoms with E-state index < -0.39 is 51.8 Å². The number of aliphatic hydroxyl groups is 2. The maximum atomic E-state index is 12.5. The molecular formula is C35H67O10P. The van der Waals surface area contributed by atoms with Crippen LogP contribution in [-0.2, 0) is 32.7 Å². The number of carbonyl (C=O) groups excluding carboxylic acids is 2. The number of aliphatic hydroxyl groups excluding tert-OH is 2. The highest BCUT2D eigenvalue weighted by molar-refractivity contribution is 7.47. The highest BCUT2D eigenvalue weighted by atomic mass is 31.2. The molecule has 0 aromatic carbocycles. The fourth-order valence-electron chi connectivity index (χ4n) is 4.80. The maximum Gasteiger partial charge on any atom is 0.472 e. The summed E-state index contributed by atoms with van der Waals surface area (Å²) in [6.07, 6.45) is 26.1. The highest BCUT2D eigenvalue weighted by Gasteiger charge is 2.27. The Labute approximate surface area is 279 Å². The van der Waals surface area contributed by atoms with Crippen molar-refractivity contribution in [3.05, 3.63) is 12.2 Å². The summed E-state index contributed by atoms with van der Waals surface area (Å²) in [5.74, 6) is -0.934. The number of rotatable bonds is 34. The summed E-state index contributed by atoms with van der Waals surface area (Å²) in [6, 6.07) is 0. The normalized spacial score (nSPS) is 14.3. The molecule has 1 unspecified atom stereocenters. The van der Waals surface area contributed by atoms with E-state index in [1.54, 1.807) is 0 Å². The number of phosphoric ester groups is 1. The summed E-state index contributed by atoms with van der Waals surface area (Å²) >= 11 is 0. The Bertz CT molecular complexity index is 791. The van der Waals surface area contributed by atoms with Gasteiger partial charge in [0.25, 0.3) is 0 Å². The molecule has 3 N–H and O–H groups in total. The summed E-state index contributed by atoms with van der Waals surface area (Å²) in [4.78, 5) is 34.7. The van der Waals surface area contributed by atoms with Gasteiger partial charge in [0.1, 0.15) is 12.7 Å². The van der Waals surface area contributed by atoms with Crippen LogP contribution in [0.4, 0.5) is 0 Å². The van der Waals surface area contributed by atoms with E-state index in [2.05, 4.69) is 30.5 Å². The van der Waals surface area contributed by atoms with Crippen molar-refractivity contribution in [2.75, 3.05) is 26.4 Å². The van der Waals surface area contributed by atoms with Gasteiger partial charge < -0.3 is 24.6 Å². The Morgan fingerprint density at radius 3 is 1.63 bits per heavy atom. The van der Waals surface area contributed by atoms with Gasteiger partial charge in [0.2, 0.25) is 0 Å². The smallest absolute Gasteiger partial charge is 0.462 e. The second kappa shape index (κ2) is 32.3. The Kier molecular flexibility index (Phi) is 31.4. The van der Waals surface area contributed by atoms with Gasteiger partial charge in [-0.15, -0.1) is 0 Å². The third-order valence-corrected chi connectivity index (χ3v) is 8.62. The highest BCUT2D eigenvalue weighted by Crippen LogP contribution is 2.43. The van der Waals surface area contributed by atoms with E-state index in [1.165, 1.54) is 64.2 Å². The molecule has 46 heavy (non-hydrogen) atoms. The van der Waals surface area contributed by atoms with Gasteiger partial charge in [0.05, 0.1) is 19.8 Å². The number of hydrogen-bond donors (Lipinski definition) is 3. The van der Waals surface area contributed by atoms with Gasteiger partial charge in [-0.2, -0.15) is 0 Å². The van der Waals surface area contributed by atoms with Gasteiger partial charge in [0.15, 0.2) is 6.10 Å². The first-order valence-corrected chi connectivity index (χ1v) is 19.6. The van der Waals surface area contributed by atoms with Gasteiger partial charge in [0, 0.05) is 12.8 Å². The van der Waals surface area contributed by atoms with Gasteiger partial charge >= 0.3 is 19.8 Å². The quantitative estimate of drug-likeness (QED) is 0.0262. The molecule has 0 spiro atoms. The molecule has 0 aliphatic rings. The lowest BCUT2D eigenvalue weighted by atomic mass is 10.0. The van der Waals surface area contributed by atoms with Crippen molar-refractivity contribution in [1.29, 1.82) is 0 Å². The topological polar surface area (TPSA) is 149 Å². The van der Waals surface area contributed by atoms with Crippen LogP contribution in [0, 0.1) is 0 Å². The minimum atomic E-state index is -4.60. The number of ether oxygens (including phenoxy) is 2. The van der Waals surface area contributed by atoms with E-state index in [9.17, 15) is 24.2 Å². The lowest BCUT2D eigenvalue weighted by Crippen LogP contribution is -2.29. The Morgan fingerprint density at radius 1 is 0.630 bits per heavy atom. The number of unbranched alkanes of at least 4 members (excludes halogenated alkanes) is 18. The van der Waals surface area contributed by atoms with Crippen LogP contribution in [0.3, 0.4) is 0 Å². The largest absolute Gasteiger partial charge is 0.472 e. The summed E-state index contributed by atoms with van der Waals surface area (Å²) in [5, 5.41) is 18.2. The molecule has 0 aromatic heterocycles. The van der Waals surface area contributed by atoms with E-state index in [-0.39, 0.29) is 19.4 Å². The number of hydrogen-bond acceptors (Lipinski definition) is 9. The van der Waals surface area contributed by atoms with Crippen LogP contribution >= 0.6 is 7.82 Å². The summed E-state index contributed by atoms with van der Waals surface area (Å²) in [6.45, 7) is 2.31. The molecule has 0 aliphatic heterocycles. The molecular weight excluding hydrogens is 611 g/mol. The molecule has 11 heteroatoms. The van der Waals surface area contributed by atoms with E-state index in [4.69, 9.17) is 19.1 Å². The molecule has 0 rings (SSSR count). The van der Waals surface area contributed by atoms with Crippen molar-refractivity contribution >= 4 is 19.8 Å². The molecule has 3 atom stereocenters. The molecule has 0 bridgehead atoms. The molecule has 0 aliphatic carbocycles. The second-order valence-electron chi connectivity index (χ2n) is 12.3. The molecule has 0 amide bonds. The average Bonchev–Trinajstić information content (AvgIpc) is 3.04. The zero-order chi connectivity index (χ0) is 34.1. The molecule has 0 heterocycles. The van der Waals surface area contributed by atoms with E-state index >= 15 is 0 Å². The molecule has 0 saturated heterocycles. The fraction of sp³-hybridized carbons (Fsp3) is 0.886. The minimum Gasteiger partial charge on any atom is -0.462 e. The van der Waals surface area contributed by atoms with Crippen molar-refractivity contribution in [2.45, 2.75) is 174 Å². The molecule has 272 valence electrons. The lowest BCUT2D eigenvalue weighted by molar-refractivity contribution is -0.161. The summed E-state index contributed by atoms with van der Waals surface area (Å²) < 4.78 is 32.5. The predicted molar refractivity (Wildman–Crippen MR) is 182 cm³/mol. The van der Waals surface area contributed by atoms with E-state index in [0.29, 0.717) is 12.8 Å². The van der Waals surface area contributed by atoms with Crippen LogP contribution in [0.15, 0.2) is 12.2 Å². The first-order chi connectivity index (χ1) is 22.2. The maximum absolute atomic E-state index is 12.5. The monoisotopic (exact) mass is 678 g/mol. The molecule has 0 radical (unpaired) electrons. The van der Waals surface area contributed by atoms with Gasteiger partial charge in [-0.05, 0) is 32.1 Å². The third-order valence-electron chi connectivity index (χ3n) is 7.67. The SMILES string of the molecule is CCCC/C=C/CCCCCCCC(=O)OC[C@H](COP(=O)(O)OC[C@H](O)CO)OC(=O)CCCCCCCCCCCCCC. The zero-order valence-electron chi connectivity index (χ0n) is 29.0. The van der Waals surface area contributed by atoms with Crippen LogP contribution in [-0.4, -0.2) is 65.7 Å². The molecule has 0 fully saturated rings. The van der Waals surface area contributed by atoms with Gasteiger partial charge in [-0.1, -0.05) is 129 Å². The zero-order valence-corrected chi connectivity index (χ0v) is 29.9. The fourth-order valence-corrected chi connectivity index (χ4v) is 5.59. The average molecular weight is 679 g/mol. The number of allylic oxidation sites excluding steroid dienone is 2. The van der Waals surface area contributed by atoms with Crippen LogP contribution in [0.1, 0.15) is 162 Å². The molecule has 10 nitrogen and oxygen atoms in total. The Balaban J connectivity index is 4.40. The second-order valence-corrected chi connectivity index (χ2v) is 13.7. The number of esters is 2. The lowest BCUT2D eigenvalue weighted by Gasteiger charge is -2.20. The third kappa shape index (κ3) is 31.3. The van der Waals surface area contributed by atoms with Crippen molar-refractivity contribution in [3.63, 3.8) is 0 Å². The Hall–Kier alpha value is -1.29.